The van der Waals surface area contributed by atoms with Gasteiger partial charge < -0.3 is 15.1 Å². The quantitative estimate of drug-likeness (QED) is 0.236. The Morgan fingerprint density at radius 1 is 0.769 bits per heavy atom. The molecule has 0 aliphatic carbocycles. The standard InChI is InChI=1S/C21H39N3O2/c1-5-6-7-8-17-24(4,18-9-11-20(25)13-15-22-2)19-10-12-21(26)14-16-23-3/h13-16H,5-12,17-19H2,1-4H3,(H-,22,23,25,26)/p+1. The van der Waals surface area contributed by atoms with Crippen molar-refractivity contribution in [3.8, 4) is 0 Å². The van der Waals surface area contributed by atoms with Gasteiger partial charge in [-0.1, -0.05) is 19.8 Å². The van der Waals surface area contributed by atoms with Crippen LogP contribution in [0, 0.1) is 0 Å². The number of nitrogens with one attached hydrogen (secondary N) is 2. The molecular formula is C21H40N3O2+. The molecule has 0 bridgehead atoms. The van der Waals surface area contributed by atoms with Crippen LogP contribution >= 0.6 is 0 Å². The van der Waals surface area contributed by atoms with E-state index in [0.29, 0.717) is 12.8 Å². The molecule has 0 rings (SSSR count). The number of rotatable bonds is 17. The van der Waals surface area contributed by atoms with Gasteiger partial charge in [-0.2, -0.15) is 0 Å². The molecule has 5 nitrogen and oxygen atoms in total. The van der Waals surface area contributed by atoms with Gasteiger partial charge in [-0.15, -0.1) is 0 Å². The summed E-state index contributed by atoms with van der Waals surface area (Å²) < 4.78 is 0.954. The lowest BCUT2D eigenvalue weighted by molar-refractivity contribution is -0.910. The summed E-state index contributed by atoms with van der Waals surface area (Å²) >= 11 is 0. The van der Waals surface area contributed by atoms with Gasteiger partial charge in [0, 0.05) is 39.8 Å². The van der Waals surface area contributed by atoms with Gasteiger partial charge in [0.15, 0.2) is 11.6 Å². The minimum Gasteiger partial charge on any atom is -0.394 e. The van der Waals surface area contributed by atoms with Crippen molar-refractivity contribution in [2.45, 2.75) is 58.3 Å². The minimum atomic E-state index is 0.171. The number of nitrogens with zero attached hydrogens (tertiary/aromatic N) is 1. The van der Waals surface area contributed by atoms with Crippen LogP contribution < -0.4 is 10.6 Å². The SMILES string of the molecule is CCCCCC[N+](C)(CCCC(=O)C=CNC)CCCC(=O)C=CNC. The first-order chi connectivity index (χ1) is 12.5. The van der Waals surface area contributed by atoms with Crippen molar-refractivity contribution >= 4 is 11.6 Å². The lowest BCUT2D eigenvalue weighted by Crippen LogP contribution is -2.46. The number of ketones is 2. The summed E-state index contributed by atoms with van der Waals surface area (Å²) in [6.07, 6.45) is 14.5. The normalized spacial score (nSPS) is 13.8. The fourth-order valence-corrected chi connectivity index (χ4v) is 3.04. The fourth-order valence-electron chi connectivity index (χ4n) is 3.04. The number of quaternary nitrogens is 1. The Balaban J connectivity index is 4.44. The third-order valence-electron chi connectivity index (χ3n) is 4.67. The van der Waals surface area contributed by atoms with E-state index < -0.39 is 0 Å². The van der Waals surface area contributed by atoms with Crippen molar-refractivity contribution in [2.75, 3.05) is 40.8 Å². The fraction of sp³-hybridized carbons (Fsp3) is 0.714. The molecule has 0 aromatic heterocycles. The third-order valence-corrected chi connectivity index (χ3v) is 4.67. The highest BCUT2D eigenvalue weighted by molar-refractivity contribution is 5.89. The zero-order valence-electron chi connectivity index (χ0n) is 17.4. The molecule has 0 aliphatic rings. The van der Waals surface area contributed by atoms with Gasteiger partial charge >= 0.3 is 0 Å². The molecule has 0 amide bonds. The highest BCUT2D eigenvalue weighted by Gasteiger charge is 2.21. The van der Waals surface area contributed by atoms with Gasteiger partial charge in [-0.3, -0.25) is 9.59 Å². The number of hydrogen-bond donors (Lipinski definition) is 2. The largest absolute Gasteiger partial charge is 0.394 e. The average molecular weight is 367 g/mol. The smallest absolute Gasteiger partial charge is 0.157 e. The van der Waals surface area contributed by atoms with Crippen LogP contribution in [0.4, 0.5) is 0 Å². The van der Waals surface area contributed by atoms with E-state index in [4.69, 9.17) is 0 Å². The van der Waals surface area contributed by atoms with Crippen LogP contribution in [0.5, 0.6) is 0 Å². The molecule has 2 N–H and O–H groups in total. The van der Waals surface area contributed by atoms with Crippen molar-refractivity contribution < 1.29 is 14.1 Å². The summed E-state index contributed by atoms with van der Waals surface area (Å²) in [7, 11) is 5.86. The Kier molecular flexibility index (Phi) is 14.6. The molecule has 0 fully saturated rings. The zero-order chi connectivity index (χ0) is 19.7. The van der Waals surface area contributed by atoms with E-state index in [0.717, 1.165) is 37.0 Å². The van der Waals surface area contributed by atoms with Crippen LogP contribution in [-0.4, -0.2) is 56.8 Å². The molecule has 0 radical (unpaired) electrons. The summed E-state index contributed by atoms with van der Waals surface area (Å²) in [6, 6.07) is 0. The predicted octanol–water partition coefficient (Wildman–Crippen LogP) is 3.18. The van der Waals surface area contributed by atoms with Crippen LogP contribution in [0.15, 0.2) is 24.6 Å². The molecule has 0 aromatic carbocycles. The Labute approximate surface area is 160 Å². The summed E-state index contributed by atoms with van der Waals surface area (Å²) in [6.45, 7) is 5.33. The van der Waals surface area contributed by atoms with Crippen molar-refractivity contribution in [1.82, 2.24) is 10.6 Å². The van der Waals surface area contributed by atoms with Gasteiger partial charge in [0.05, 0.1) is 26.7 Å². The lowest BCUT2D eigenvalue weighted by Gasteiger charge is -2.35. The number of unbranched alkanes of at least 4 members (excludes halogenated alkanes) is 3. The molecule has 5 heteroatoms. The van der Waals surface area contributed by atoms with Crippen LogP contribution in [0.3, 0.4) is 0 Å². The van der Waals surface area contributed by atoms with Gasteiger partial charge in [0.2, 0.25) is 0 Å². The van der Waals surface area contributed by atoms with Gasteiger partial charge in [-0.25, -0.2) is 0 Å². The number of hydrogen-bond acceptors (Lipinski definition) is 4. The molecule has 0 saturated carbocycles. The molecular weight excluding hydrogens is 326 g/mol. The van der Waals surface area contributed by atoms with Crippen LogP contribution in [0.2, 0.25) is 0 Å². The zero-order valence-corrected chi connectivity index (χ0v) is 17.4. The molecule has 0 heterocycles. The third kappa shape index (κ3) is 13.6. The average Bonchev–Trinajstić information content (AvgIpc) is 2.62. The molecule has 0 aromatic rings. The second kappa shape index (κ2) is 15.6. The van der Waals surface area contributed by atoms with Crippen LogP contribution in [-0.2, 0) is 9.59 Å². The highest BCUT2D eigenvalue weighted by atomic mass is 16.1. The van der Waals surface area contributed by atoms with E-state index in [1.54, 1.807) is 38.6 Å². The molecule has 0 saturated heterocycles. The molecule has 0 atom stereocenters. The van der Waals surface area contributed by atoms with Gasteiger partial charge in [-0.05, 0) is 37.4 Å². The highest BCUT2D eigenvalue weighted by Crippen LogP contribution is 2.13. The molecule has 0 aliphatic heterocycles. The Morgan fingerprint density at radius 3 is 1.65 bits per heavy atom. The number of carbonyl (C=O) groups is 2. The van der Waals surface area contributed by atoms with Gasteiger partial charge in [0.1, 0.15) is 0 Å². The van der Waals surface area contributed by atoms with Crippen LogP contribution in [0.25, 0.3) is 0 Å². The topological polar surface area (TPSA) is 58.2 Å². The Hall–Kier alpha value is -1.62. The summed E-state index contributed by atoms with van der Waals surface area (Å²) in [5, 5.41) is 5.70. The van der Waals surface area contributed by atoms with Crippen molar-refractivity contribution in [1.29, 1.82) is 0 Å². The van der Waals surface area contributed by atoms with E-state index >= 15 is 0 Å². The maximum Gasteiger partial charge on any atom is 0.157 e. The number of allylic oxidation sites excluding steroid dienone is 2. The van der Waals surface area contributed by atoms with E-state index in [9.17, 15) is 9.59 Å². The van der Waals surface area contributed by atoms with Crippen molar-refractivity contribution in [3.63, 3.8) is 0 Å². The second-order valence-corrected chi connectivity index (χ2v) is 7.23. The Morgan fingerprint density at radius 2 is 1.23 bits per heavy atom. The van der Waals surface area contributed by atoms with E-state index in [-0.39, 0.29) is 11.6 Å². The lowest BCUT2D eigenvalue weighted by atomic mass is 10.1. The number of carbonyl (C=O) groups excluding carboxylic acids is 2. The predicted molar refractivity (Wildman–Crippen MR) is 110 cm³/mol. The van der Waals surface area contributed by atoms with E-state index in [1.165, 1.54) is 25.7 Å². The van der Waals surface area contributed by atoms with E-state index in [1.807, 2.05) is 0 Å². The second-order valence-electron chi connectivity index (χ2n) is 7.23. The first kappa shape index (κ1) is 24.4. The summed E-state index contributed by atoms with van der Waals surface area (Å²) in [5.74, 6) is 0.341. The maximum atomic E-state index is 11.8. The Bertz CT molecular complexity index is 413. The minimum absolute atomic E-state index is 0.171. The molecule has 0 spiro atoms. The monoisotopic (exact) mass is 366 g/mol. The molecule has 0 unspecified atom stereocenters. The van der Waals surface area contributed by atoms with E-state index in [2.05, 4.69) is 24.6 Å². The maximum absolute atomic E-state index is 11.8. The van der Waals surface area contributed by atoms with Crippen molar-refractivity contribution in [2.24, 2.45) is 0 Å². The van der Waals surface area contributed by atoms with Crippen molar-refractivity contribution in [3.05, 3.63) is 24.6 Å². The van der Waals surface area contributed by atoms with Gasteiger partial charge in [0.25, 0.3) is 0 Å². The first-order valence-corrected chi connectivity index (χ1v) is 10.0. The first-order valence-electron chi connectivity index (χ1n) is 10.0. The molecule has 150 valence electrons. The summed E-state index contributed by atoms with van der Waals surface area (Å²) in [4.78, 5) is 23.6. The molecule has 26 heavy (non-hydrogen) atoms. The van der Waals surface area contributed by atoms with Crippen LogP contribution in [0.1, 0.15) is 58.3 Å². The summed E-state index contributed by atoms with van der Waals surface area (Å²) in [5.41, 5.74) is 0.